The molecule has 29 heavy (non-hydrogen) atoms. The summed E-state index contributed by atoms with van der Waals surface area (Å²) in [6, 6.07) is 8.90. The summed E-state index contributed by atoms with van der Waals surface area (Å²) in [5, 5.41) is 8.08. The van der Waals surface area contributed by atoms with Crippen molar-refractivity contribution in [2.24, 2.45) is 4.99 Å². The van der Waals surface area contributed by atoms with Gasteiger partial charge in [-0.3, -0.25) is 4.99 Å². The van der Waals surface area contributed by atoms with Crippen LogP contribution in [-0.2, 0) is 10.0 Å². The third-order valence-corrected chi connectivity index (χ3v) is 6.65. The Morgan fingerprint density at radius 2 is 2.00 bits per heavy atom. The van der Waals surface area contributed by atoms with E-state index in [2.05, 4.69) is 20.3 Å². The van der Waals surface area contributed by atoms with Crippen LogP contribution in [0.15, 0.2) is 44.9 Å². The Balaban J connectivity index is 0.00000300. The molecule has 3 rings (SSSR count). The Labute approximate surface area is 192 Å². The number of guanidine groups is 1. The molecule has 0 saturated carbocycles. The molecule has 0 fully saturated rings. The monoisotopic (exact) mass is 552 g/mol. The second-order valence-corrected chi connectivity index (χ2v) is 8.87. The highest BCUT2D eigenvalue weighted by atomic mass is 127. The number of fused-ring (bicyclic) bond motifs is 1. The number of rotatable bonds is 7. The topological polar surface area (TPSA) is 101 Å². The van der Waals surface area contributed by atoms with Crippen LogP contribution in [0.4, 0.5) is 5.69 Å². The molecule has 1 aliphatic heterocycles. The van der Waals surface area contributed by atoms with E-state index in [1.165, 1.54) is 11.3 Å². The average Bonchev–Trinajstić information content (AvgIpc) is 3.13. The van der Waals surface area contributed by atoms with Crippen LogP contribution in [0.5, 0.6) is 11.5 Å². The van der Waals surface area contributed by atoms with Gasteiger partial charge in [-0.2, -0.15) is 0 Å². The van der Waals surface area contributed by atoms with Crippen LogP contribution in [-0.4, -0.2) is 47.2 Å². The minimum atomic E-state index is -3.47. The van der Waals surface area contributed by atoms with Gasteiger partial charge in [0.05, 0.1) is 19.8 Å². The third kappa shape index (κ3) is 7.01. The first-order valence-electron chi connectivity index (χ1n) is 9.06. The molecule has 11 heteroatoms. The summed E-state index contributed by atoms with van der Waals surface area (Å²) in [6.45, 7) is 4.41. The van der Waals surface area contributed by atoms with Crippen LogP contribution >= 0.6 is 35.3 Å². The van der Waals surface area contributed by atoms with Gasteiger partial charge in [0, 0.05) is 31.3 Å². The smallest absolute Gasteiger partial charge is 0.250 e. The maximum atomic E-state index is 12.1. The fourth-order valence-electron chi connectivity index (χ4n) is 2.52. The minimum absolute atomic E-state index is 0. The highest BCUT2D eigenvalue weighted by Crippen LogP contribution is 2.32. The van der Waals surface area contributed by atoms with Crippen molar-refractivity contribution < 1.29 is 17.9 Å². The molecule has 8 nitrogen and oxygen atoms in total. The average molecular weight is 552 g/mol. The van der Waals surface area contributed by atoms with Gasteiger partial charge in [-0.15, -0.1) is 35.3 Å². The molecule has 0 atom stereocenters. The number of hydrogen-bond donors (Lipinski definition) is 3. The molecule has 0 bridgehead atoms. The SMILES string of the molecule is CCNC(=NCCNS(=O)(=O)c1cccs1)Nc1ccc2c(c1)OCCCO2.I. The van der Waals surface area contributed by atoms with Gasteiger partial charge in [-0.25, -0.2) is 13.1 Å². The van der Waals surface area contributed by atoms with Crippen molar-refractivity contribution in [2.45, 2.75) is 17.6 Å². The Bertz CT molecular complexity index is 905. The maximum Gasteiger partial charge on any atom is 0.250 e. The number of halogens is 1. The zero-order valence-corrected chi connectivity index (χ0v) is 20.0. The Kier molecular flexibility index (Phi) is 9.46. The summed E-state index contributed by atoms with van der Waals surface area (Å²) in [5.41, 5.74) is 0.808. The van der Waals surface area contributed by atoms with E-state index >= 15 is 0 Å². The third-order valence-electron chi connectivity index (χ3n) is 3.79. The van der Waals surface area contributed by atoms with Gasteiger partial charge in [-0.05, 0) is 30.5 Å². The van der Waals surface area contributed by atoms with Crippen LogP contribution in [0.1, 0.15) is 13.3 Å². The van der Waals surface area contributed by atoms with Crippen molar-refractivity contribution in [1.29, 1.82) is 0 Å². The van der Waals surface area contributed by atoms with E-state index in [4.69, 9.17) is 9.47 Å². The quantitative estimate of drug-likeness (QED) is 0.212. The Morgan fingerprint density at radius 3 is 2.72 bits per heavy atom. The molecule has 160 valence electrons. The second kappa shape index (κ2) is 11.6. The van der Waals surface area contributed by atoms with Crippen molar-refractivity contribution in [1.82, 2.24) is 10.0 Å². The lowest BCUT2D eigenvalue weighted by Crippen LogP contribution is -2.32. The zero-order valence-electron chi connectivity index (χ0n) is 16.0. The molecule has 1 aromatic heterocycles. The van der Waals surface area contributed by atoms with E-state index in [0.717, 1.165) is 17.9 Å². The predicted octanol–water partition coefficient (Wildman–Crippen LogP) is 2.88. The molecule has 0 aliphatic carbocycles. The van der Waals surface area contributed by atoms with Crippen LogP contribution < -0.4 is 24.8 Å². The summed E-state index contributed by atoms with van der Waals surface area (Å²) in [4.78, 5) is 4.42. The molecule has 0 amide bonds. The summed E-state index contributed by atoms with van der Waals surface area (Å²) >= 11 is 1.18. The van der Waals surface area contributed by atoms with Gasteiger partial charge < -0.3 is 20.1 Å². The van der Waals surface area contributed by atoms with Gasteiger partial charge in [0.1, 0.15) is 4.21 Å². The molecule has 1 aliphatic rings. The molecular weight excluding hydrogens is 527 g/mol. The fraction of sp³-hybridized carbons (Fsp3) is 0.389. The predicted molar refractivity (Wildman–Crippen MR) is 127 cm³/mol. The lowest BCUT2D eigenvalue weighted by Gasteiger charge is -2.13. The second-order valence-electron chi connectivity index (χ2n) is 5.93. The minimum Gasteiger partial charge on any atom is -0.490 e. The van der Waals surface area contributed by atoms with Crippen LogP contribution in [0.2, 0.25) is 0 Å². The van der Waals surface area contributed by atoms with Gasteiger partial charge in [-0.1, -0.05) is 6.07 Å². The fourth-order valence-corrected chi connectivity index (χ4v) is 4.58. The van der Waals surface area contributed by atoms with E-state index in [9.17, 15) is 8.42 Å². The zero-order chi connectivity index (χ0) is 19.8. The van der Waals surface area contributed by atoms with Crippen LogP contribution in [0.25, 0.3) is 0 Å². The van der Waals surface area contributed by atoms with Crippen molar-refractivity contribution >= 4 is 57.0 Å². The number of thiophene rings is 1. The molecule has 1 aromatic carbocycles. The molecule has 2 aromatic rings. The van der Waals surface area contributed by atoms with Crippen molar-refractivity contribution in [3.05, 3.63) is 35.7 Å². The first-order valence-corrected chi connectivity index (χ1v) is 11.4. The molecular formula is C18H25IN4O4S2. The van der Waals surface area contributed by atoms with Gasteiger partial charge in [0.25, 0.3) is 0 Å². The number of nitrogens with zero attached hydrogens (tertiary/aromatic N) is 1. The standard InChI is InChI=1S/C18H24N4O4S2.HI/c1-2-19-18(20-8-9-21-28(23,24)17-5-3-12-27-17)22-14-6-7-15-16(13-14)26-11-4-10-25-15;/h3,5-7,12-13,21H,2,4,8-11H2,1H3,(H2,19,20,22);1H. The van der Waals surface area contributed by atoms with Crippen LogP contribution in [0.3, 0.4) is 0 Å². The number of benzene rings is 1. The van der Waals surface area contributed by atoms with Gasteiger partial charge in [0.15, 0.2) is 17.5 Å². The lowest BCUT2D eigenvalue weighted by molar-refractivity contribution is 0.297. The van der Waals surface area contributed by atoms with Crippen LogP contribution in [0, 0.1) is 0 Å². The number of hydrogen-bond acceptors (Lipinski definition) is 6. The van der Waals surface area contributed by atoms with Crippen molar-refractivity contribution in [3.63, 3.8) is 0 Å². The summed E-state index contributed by atoms with van der Waals surface area (Å²) in [5.74, 6) is 1.99. The van der Waals surface area contributed by atoms with E-state index in [1.54, 1.807) is 17.5 Å². The largest absolute Gasteiger partial charge is 0.490 e. The molecule has 3 N–H and O–H groups in total. The number of ether oxygens (including phenoxy) is 2. The van der Waals surface area contributed by atoms with Gasteiger partial charge in [0.2, 0.25) is 10.0 Å². The Hall–Kier alpha value is -1.57. The maximum absolute atomic E-state index is 12.1. The normalized spacial score (nSPS) is 13.9. The first kappa shape index (κ1) is 23.7. The van der Waals surface area contributed by atoms with E-state index in [0.29, 0.717) is 42.2 Å². The number of sulfonamides is 1. The molecule has 0 unspecified atom stereocenters. The number of aliphatic imine (C=N–C) groups is 1. The highest BCUT2D eigenvalue weighted by Gasteiger charge is 2.14. The molecule has 0 saturated heterocycles. The molecule has 0 spiro atoms. The van der Waals surface area contributed by atoms with E-state index in [1.807, 2.05) is 25.1 Å². The lowest BCUT2D eigenvalue weighted by atomic mass is 10.3. The summed E-state index contributed by atoms with van der Waals surface area (Å²) in [6.07, 6.45) is 0.850. The Morgan fingerprint density at radius 1 is 1.21 bits per heavy atom. The molecule has 2 heterocycles. The van der Waals surface area contributed by atoms with Crippen molar-refractivity contribution in [3.8, 4) is 11.5 Å². The highest BCUT2D eigenvalue weighted by molar-refractivity contribution is 14.0. The van der Waals surface area contributed by atoms with E-state index < -0.39 is 10.0 Å². The van der Waals surface area contributed by atoms with Gasteiger partial charge >= 0.3 is 0 Å². The van der Waals surface area contributed by atoms with E-state index in [-0.39, 0.29) is 30.5 Å². The summed E-state index contributed by atoms with van der Waals surface area (Å²) < 4.78 is 38.4. The van der Waals surface area contributed by atoms with Crippen molar-refractivity contribution in [2.75, 3.05) is 38.2 Å². The molecule has 0 radical (unpaired) electrons. The first-order chi connectivity index (χ1) is 13.6. The number of anilines is 1. The summed E-state index contributed by atoms with van der Waals surface area (Å²) in [7, 11) is -3.47. The number of nitrogens with one attached hydrogen (secondary N) is 3.